The van der Waals surface area contributed by atoms with Crippen molar-refractivity contribution in [3.8, 4) is 5.75 Å². The first-order chi connectivity index (χ1) is 10.8. The molecule has 0 aliphatic rings. The Kier molecular flexibility index (Phi) is 9.42. The van der Waals surface area contributed by atoms with Crippen LogP contribution in [0.2, 0.25) is 0 Å². The molecule has 0 fully saturated rings. The minimum Gasteiger partial charge on any atom is -0.493 e. The third kappa shape index (κ3) is 7.54. The molecular formula is C20H28ClNO. The third-order valence-corrected chi connectivity index (χ3v) is 3.76. The largest absolute Gasteiger partial charge is 0.493 e. The van der Waals surface area contributed by atoms with Crippen molar-refractivity contribution in [1.82, 2.24) is 4.90 Å². The Morgan fingerprint density at radius 2 is 1.52 bits per heavy atom. The van der Waals surface area contributed by atoms with Gasteiger partial charge in [-0.25, -0.2) is 0 Å². The zero-order valence-corrected chi connectivity index (χ0v) is 15.0. The summed E-state index contributed by atoms with van der Waals surface area (Å²) in [6.45, 7) is 1.93. The molecular weight excluding hydrogens is 306 g/mol. The summed E-state index contributed by atoms with van der Waals surface area (Å²) in [5.74, 6) is 1.04. The average molecular weight is 334 g/mol. The van der Waals surface area contributed by atoms with Crippen LogP contribution in [0.5, 0.6) is 5.75 Å². The van der Waals surface area contributed by atoms with Gasteiger partial charge in [0, 0.05) is 0 Å². The summed E-state index contributed by atoms with van der Waals surface area (Å²) in [6, 6.07) is 19.1. The second-order valence-corrected chi connectivity index (χ2v) is 5.95. The van der Waals surface area contributed by atoms with Gasteiger partial charge >= 0.3 is 0 Å². The SMILES string of the molecule is CN(C)CCCCOc1ccccc1CCc1ccccc1.Cl. The van der Waals surface area contributed by atoms with Gasteiger partial charge in [0.05, 0.1) is 6.61 Å². The first-order valence-corrected chi connectivity index (χ1v) is 8.15. The Morgan fingerprint density at radius 1 is 0.826 bits per heavy atom. The van der Waals surface area contributed by atoms with Gasteiger partial charge in [-0.3, -0.25) is 0 Å². The fraction of sp³-hybridized carbons (Fsp3) is 0.400. The Morgan fingerprint density at radius 3 is 2.26 bits per heavy atom. The van der Waals surface area contributed by atoms with Crippen LogP contribution in [0.25, 0.3) is 0 Å². The lowest BCUT2D eigenvalue weighted by molar-refractivity contribution is 0.290. The molecule has 0 aliphatic heterocycles. The van der Waals surface area contributed by atoms with Gasteiger partial charge in [-0.05, 0) is 63.5 Å². The Balaban J connectivity index is 0.00000264. The van der Waals surface area contributed by atoms with Crippen LogP contribution in [0.15, 0.2) is 54.6 Å². The highest BCUT2D eigenvalue weighted by atomic mass is 35.5. The molecule has 0 saturated carbocycles. The summed E-state index contributed by atoms with van der Waals surface area (Å²) in [4.78, 5) is 2.22. The summed E-state index contributed by atoms with van der Waals surface area (Å²) < 4.78 is 5.99. The van der Waals surface area contributed by atoms with Crippen LogP contribution >= 0.6 is 12.4 Å². The van der Waals surface area contributed by atoms with E-state index in [1.807, 2.05) is 0 Å². The minimum atomic E-state index is 0. The van der Waals surface area contributed by atoms with Crippen molar-refractivity contribution >= 4 is 12.4 Å². The standard InChI is InChI=1S/C20H27NO.ClH/c1-21(2)16-8-9-17-22-20-13-7-6-12-19(20)15-14-18-10-4-3-5-11-18;/h3-7,10-13H,8-9,14-17H2,1-2H3;1H. The number of hydrogen-bond donors (Lipinski definition) is 0. The zero-order valence-electron chi connectivity index (χ0n) is 14.2. The summed E-state index contributed by atoms with van der Waals surface area (Å²) in [5.41, 5.74) is 2.68. The number of halogens is 1. The van der Waals surface area contributed by atoms with E-state index in [0.29, 0.717) is 0 Å². The molecule has 0 aromatic heterocycles. The van der Waals surface area contributed by atoms with E-state index in [0.717, 1.165) is 38.2 Å². The first-order valence-electron chi connectivity index (χ1n) is 8.15. The Bertz CT molecular complexity index is 542. The van der Waals surface area contributed by atoms with Gasteiger partial charge in [-0.15, -0.1) is 12.4 Å². The molecule has 0 spiro atoms. The molecule has 23 heavy (non-hydrogen) atoms. The van der Waals surface area contributed by atoms with Gasteiger partial charge in [-0.2, -0.15) is 0 Å². The van der Waals surface area contributed by atoms with Crippen LogP contribution in [0.1, 0.15) is 24.0 Å². The van der Waals surface area contributed by atoms with Crippen LogP contribution in [0.3, 0.4) is 0 Å². The van der Waals surface area contributed by atoms with Crippen molar-refractivity contribution < 1.29 is 4.74 Å². The fourth-order valence-corrected chi connectivity index (χ4v) is 2.49. The minimum absolute atomic E-state index is 0. The molecule has 0 atom stereocenters. The summed E-state index contributed by atoms with van der Waals surface area (Å²) in [6.07, 6.45) is 4.37. The molecule has 2 rings (SSSR count). The molecule has 0 amide bonds. The van der Waals surface area contributed by atoms with Gasteiger partial charge in [0.1, 0.15) is 5.75 Å². The monoisotopic (exact) mass is 333 g/mol. The van der Waals surface area contributed by atoms with Gasteiger partial charge in [0.15, 0.2) is 0 Å². The van der Waals surface area contributed by atoms with Gasteiger partial charge < -0.3 is 9.64 Å². The highest BCUT2D eigenvalue weighted by Crippen LogP contribution is 2.20. The molecule has 0 aliphatic carbocycles. The lowest BCUT2D eigenvalue weighted by Gasteiger charge is -2.13. The lowest BCUT2D eigenvalue weighted by atomic mass is 10.0. The van der Waals surface area contributed by atoms with Crippen LogP contribution < -0.4 is 4.74 Å². The Labute approximate surface area is 146 Å². The summed E-state index contributed by atoms with van der Waals surface area (Å²) in [7, 11) is 4.22. The molecule has 0 radical (unpaired) electrons. The molecule has 0 heterocycles. The smallest absolute Gasteiger partial charge is 0.122 e. The van der Waals surface area contributed by atoms with Crippen LogP contribution in [-0.4, -0.2) is 32.1 Å². The van der Waals surface area contributed by atoms with Crippen LogP contribution in [0.4, 0.5) is 0 Å². The van der Waals surface area contributed by atoms with Crippen molar-refractivity contribution in [2.45, 2.75) is 25.7 Å². The van der Waals surface area contributed by atoms with E-state index in [4.69, 9.17) is 4.74 Å². The molecule has 2 aromatic carbocycles. The van der Waals surface area contributed by atoms with Gasteiger partial charge in [-0.1, -0.05) is 48.5 Å². The molecule has 0 unspecified atom stereocenters. The molecule has 2 nitrogen and oxygen atoms in total. The maximum absolute atomic E-state index is 5.99. The Hall–Kier alpha value is -1.51. The van der Waals surface area contributed by atoms with Gasteiger partial charge in [0.2, 0.25) is 0 Å². The molecule has 0 saturated heterocycles. The maximum Gasteiger partial charge on any atom is 0.122 e. The highest BCUT2D eigenvalue weighted by molar-refractivity contribution is 5.85. The number of aryl methyl sites for hydroxylation is 2. The predicted molar refractivity (Wildman–Crippen MR) is 101 cm³/mol. The van der Waals surface area contributed by atoms with Crippen LogP contribution in [0, 0.1) is 0 Å². The summed E-state index contributed by atoms with van der Waals surface area (Å²) >= 11 is 0. The maximum atomic E-state index is 5.99. The number of unbranched alkanes of at least 4 members (excludes halogenated alkanes) is 1. The fourth-order valence-electron chi connectivity index (χ4n) is 2.49. The van der Waals surface area contributed by atoms with Crippen molar-refractivity contribution in [2.24, 2.45) is 0 Å². The van der Waals surface area contributed by atoms with E-state index in [1.165, 1.54) is 17.5 Å². The van der Waals surface area contributed by atoms with Crippen molar-refractivity contribution in [2.75, 3.05) is 27.2 Å². The predicted octanol–water partition coefficient (Wildman–Crippen LogP) is 4.61. The van der Waals surface area contributed by atoms with Crippen molar-refractivity contribution in [1.29, 1.82) is 0 Å². The number of para-hydroxylation sites is 1. The number of rotatable bonds is 9. The first kappa shape index (κ1) is 19.5. The highest BCUT2D eigenvalue weighted by Gasteiger charge is 2.03. The summed E-state index contributed by atoms with van der Waals surface area (Å²) in [5, 5.41) is 0. The zero-order chi connectivity index (χ0) is 15.6. The van der Waals surface area contributed by atoms with Gasteiger partial charge in [0.25, 0.3) is 0 Å². The number of nitrogens with zero attached hydrogens (tertiary/aromatic N) is 1. The van der Waals surface area contributed by atoms with Crippen LogP contribution in [-0.2, 0) is 12.8 Å². The van der Waals surface area contributed by atoms with E-state index < -0.39 is 0 Å². The third-order valence-electron chi connectivity index (χ3n) is 3.76. The number of benzene rings is 2. The van der Waals surface area contributed by atoms with E-state index in [1.54, 1.807) is 0 Å². The normalized spacial score (nSPS) is 10.4. The lowest BCUT2D eigenvalue weighted by Crippen LogP contribution is -2.13. The molecule has 126 valence electrons. The average Bonchev–Trinajstić information content (AvgIpc) is 2.54. The molecule has 0 N–H and O–H groups in total. The quantitative estimate of drug-likeness (QED) is 0.621. The molecule has 2 aromatic rings. The second-order valence-electron chi connectivity index (χ2n) is 5.95. The van der Waals surface area contributed by atoms with E-state index in [2.05, 4.69) is 73.6 Å². The van der Waals surface area contributed by atoms with Crippen molar-refractivity contribution in [3.05, 3.63) is 65.7 Å². The van der Waals surface area contributed by atoms with Crippen molar-refractivity contribution in [3.63, 3.8) is 0 Å². The van der Waals surface area contributed by atoms with E-state index in [9.17, 15) is 0 Å². The van der Waals surface area contributed by atoms with E-state index in [-0.39, 0.29) is 12.4 Å². The molecule has 0 bridgehead atoms. The van der Waals surface area contributed by atoms with E-state index >= 15 is 0 Å². The number of hydrogen-bond acceptors (Lipinski definition) is 2. The topological polar surface area (TPSA) is 12.5 Å². The second kappa shape index (κ2) is 11.1. The molecule has 3 heteroatoms. The number of ether oxygens (including phenoxy) is 1.